The van der Waals surface area contributed by atoms with Crippen molar-refractivity contribution >= 4 is 35.0 Å². The summed E-state index contributed by atoms with van der Waals surface area (Å²) < 4.78 is 5.22. The Labute approximate surface area is 196 Å². The molecule has 1 aromatic heterocycles. The van der Waals surface area contributed by atoms with Crippen LogP contribution in [0.2, 0.25) is 0 Å². The molecule has 176 valence electrons. The summed E-state index contributed by atoms with van der Waals surface area (Å²) in [5.41, 5.74) is 0.816. The first-order valence-corrected chi connectivity index (χ1v) is 11.7. The summed E-state index contributed by atoms with van der Waals surface area (Å²) in [5, 5.41) is 8.74. The smallest absolute Gasteiger partial charge is 0.408 e. The largest absolute Gasteiger partial charge is 0.445 e. The molecular formula is C23H28N4O5S. The third kappa shape index (κ3) is 7.11. The van der Waals surface area contributed by atoms with Gasteiger partial charge in [-0.3, -0.25) is 14.4 Å². The van der Waals surface area contributed by atoms with Crippen molar-refractivity contribution in [1.82, 2.24) is 20.9 Å². The van der Waals surface area contributed by atoms with E-state index in [4.69, 9.17) is 4.74 Å². The highest BCUT2D eigenvalue weighted by Crippen LogP contribution is 2.18. The van der Waals surface area contributed by atoms with E-state index in [1.807, 2.05) is 30.3 Å². The minimum Gasteiger partial charge on any atom is -0.445 e. The van der Waals surface area contributed by atoms with Crippen LogP contribution in [0.5, 0.6) is 0 Å². The number of ether oxygens (including phenoxy) is 1. The van der Waals surface area contributed by atoms with Crippen molar-refractivity contribution in [1.29, 1.82) is 0 Å². The summed E-state index contributed by atoms with van der Waals surface area (Å²) in [5.74, 6) is -2.31. The molecule has 0 saturated carbocycles. The Morgan fingerprint density at radius 1 is 1.24 bits per heavy atom. The van der Waals surface area contributed by atoms with Gasteiger partial charge in [-0.1, -0.05) is 44.2 Å². The normalized spacial score (nSPS) is 17.5. The Hall–Kier alpha value is -3.27. The number of nitrogens with zero attached hydrogens (tertiary/aromatic N) is 1. The van der Waals surface area contributed by atoms with Crippen molar-refractivity contribution < 1.29 is 23.9 Å². The average Bonchev–Trinajstić information content (AvgIpc) is 3.24. The van der Waals surface area contributed by atoms with E-state index in [9.17, 15) is 19.2 Å². The Morgan fingerprint density at radius 3 is 2.73 bits per heavy atom. The molecule has 33 heavy (non-hydrogen) atoms. The molecule has 2 heterocycles. The Kier molecular flexibility index (Phi) is 8.53. The molecule has 0 saturated heterocycles. The van der Waals surface area contributed by atoms with E-state index in [2.05, 4.69) is 20.9 Å². The molecule has 3 rings (SSSR count). The van der Waals surface area contributed by atoms with Crippen molar-refractivity contribution in [2.75, 3.05) is 6.54 Å². The molecular weight excluding hydrogens is 444 g/mol. The van der Waals surface area contributed by atoms with Crippen LogP contribution in [-0.2, 0) is 38.6 Å². The maximum atomic E-state index is 13.0. The van der Waals surface area contributed by atoms with Gasteiger partial charge < -0.3 is 20.7 Å². The molecule has 1 aliphatic heterocycles. The lowest BCUT2D eigenvalue weighted by molar-refractivity contribution is -0.140. The van der Waals surface area contributed by atoms with Crippen molar-refractivity contribution in [3.63, 3.8) is 0 Å². The van der Waals surface area contributed by atoms with E-state index in [0.717, 1.165) is 15.4 Å². The standard InChI is InChI=1S/C23H28N4O5S/c1-14(2)19(27-23(31)32-13-15-7-4-3-5-8-15)21(29)26-17-11-16-12-25-18(33-16)9-6-10-24-22(30)20(17)28/h3-5,7-8,12,14,17,19H,6,9-11,13H2,1-2H3,(H,24,30)(H,26,29)(H,27,31). The number of Topliss-reactive ketones (excluding diaryl/α,β-unsaturated/α-hetero) is 1. The zero-order chi connectivity index (χ0) is 23.8. The van der Waals surface area contributed by atoms with Gasteiger partial charge >= 0.3 is 6.09 Å². The second-order valence-corrected chi connectivity index (χ2v) is 9.34. The Bertz CT molecular complexity index is 992. The molecule has 0 spiro atoms. The van der Waals surface area contributed by atoms with Crippen LogP contribution in [0.3, 0.4) is 0 Å². The lowest BCUT2D eigenvalue weighted by Gasteiger charge is -2.24. The monoisotopic (exact) mass is 472 g/mol. The van der Waals surface area contributed by atoms with Gasteiger partial charge in [0.1, 0.15) is 18.7 Å². The van der Waals surface area contributed by atoms with Gasteiger partial charge in [0.25, 0.3) is 5.91 Å². The Balaban J connectivity index is 1.66. The predicted molar refractivity (Wildman–Crippen MR) is 122 cm³/mol. The van der Waals surface area contributed by atoms with Gasteiger partial charge in [-0.2, -0.15) is 0 Å². The zero-order valence-electron chi connectivity index (χ0n) is 18.6. The maximum Gasteiger partial charge on any atom is 0.408 e. The van der Waals surface area contributed by atoms with E-state index in [0.29, 0.717) is 19.4 Å². The van der Waals surface area contributed by atoms with Crippen molar-refractivity contribution in [3.8, 4) is 0 Å². The van der Waals surface area contributed by atoms with E-state index < -0.39 is 35.8 Å². The SMILES string of the molecule is CC(C)C(NC(=O)OCc1ccccc1)C(=O)NC1Cc2cnc(s2)CCCNC(=O)C1=O. The van der Waals surface area contributed by atoms with Gasteiger partial charge in [0, 0.05) is 30.5 Å². The summed E-state index contributed by atoms with van der Waals surface area (Å²) in [6, 6.07) is 7.17. The number of thiazole rings is 1. The van der Waals surface area contributed by atoms with Crippen molar-refractivity contribution in [2.24, 2.45) is 5.92 Å². The molecule has 3 N–H and O–H groups in total. The molecule has 0 fully saturated rings. The second-order valence-electron chi connectivity index (χ2n) is 8.14. The molecule has 2 atom stereocenters. The van der Waals surface area contributed by atoms with Gasteiger partial charge in [-0.15, -0.1) is 11.3 Å². The average molecular weight is 473 g/mol. The number of fused-ring (bicyclic) bond motifs is 2. The number of amides is 3. The van der Waals surface area contributed by atoms with Gasteiger partial charge in [0.05, 0.1) is 5.01 Å². The van der Waals surface area contributed by atoms with Crippen LogP contribution in [0.15, 0.2) is 36.5 Å². The first kappa shape index (κ1) is 24.4. The lowest BCUT2D eigenvalue weighted by Crippen LogP contribution is -2.56. The number of aromatic nitrogens is 1. The lowest BCUT2D eigenvalue weighted by atomic mass is 10.0. The first-order valence-electron chi connectivity index (χ1n) is 10.9. The first-order chi connectivity index (χ1) is 15.8. The molecule has 2 aromatic rings. The van der Waals surface area contributed by atoms with Gasteiger partial charge in [0.2, 0.25) is 11.7 Å². The summed E-state index contributed by atoms with van der Waals surface area (Å²) >= 11 is 1.46. The van der Waals surface area contributed by atoms with Gasteiger partial charge in [-0.25, -0.2) is 9.78 Å². The minimum absolute atomic E-state index is 0.0636. The third-order valence-corrected chi connectivity index (χ3v) is 6.23. The number of carbonyl (C=O) groups is 4. The topological polar surface area (TPSA) is 126 Å². The van der Waals surface area contributed by atoms with Crippen LogP contribution in [-0.4, -0.2) is 47.3 Å². The van der Waals surface area contributed by atoms with Gasteiger partial charge in [0.15, 0.2) is 0 Å². The van der Waals surface area contributed by atoms with E-state index in [1.165, 1.54) is 11.3 Å². The summed E-state index contributed by atoms with van der Waals surface area (Å²) in [7, 11) is 0. The van der Waals surface area contributed by atoms with E-state index >= 15 is 0 Å². The fourth-order valence-corrected chi connectivity index (χ4v) is 4.35. The number of benzene rings is 1. The summed E-state index contributed by atoms with van der Waals surface area (Å²) in [4.78, 5) is 55.5. The summed E-state index contributed by atoms with van der Waals surface area (Å²) in [6.45, 7) is 3.95. The molecule has 0 aliphatic carbocycles. The number of carbonyl (C=O) groups excluding carboxylic acids is 4. The number of nitrogens with one attached hydrogen (secondary N) is 3. The highest BCUT2D eigenvalue weighted by Gasteiger charge is 2.32. The van der Waals surface area contributed by atoms with Crippen molar-refractivity contribution in [2.45, 2.75) is 51.8 Å². The molecule has 2 bridgehead atoms. The quantitative estimate of drug-likeness (QED) is 0.550. The van der Waals surface area contributed by atoms with Crippen LogP contribution >= 0.6 is 11.3 Å². The molecule has 2 unspecified atom stereocenters. The van der Waals surface area contributed by atoms with Crippen LogP contribution in [0.25, 0.3) is 0 Å². The van der Waals surface area contributed by atoms with Crippen molar-refractivity contribution in [3.05, 3.63) is 52.0 Å². The van der Waals surface area contributed by atoms with E-state index in [-0.39, 0.29) is 18.9 Å². The molecule has 0 radical (unpaired) electrons. The number of rotatable bonds is 6. The highest BCUT2D eigenvalue weighted by atomic mass is 32.1. The molecule has 10 heteroatoms. The van der Waals surface area contributed by atoms with Gasteiger partial charge in [-0.05, 0) is 17.9 Å². The third-order valence-electron chi connectivity index (χ3n) is 5.15. The number of hydrogen-bond donors (Lipinski definition) is 3. The maximum absolute atomic E-state index is 13.0. The number of aryl methyl sites for hydroxylation is 1. The molecule has 9 nitrogen and oxygen atoms in total. The minimum atomic E-state index is -1.06. The van der Waals surface area contributed by atoms with Crippen LogP contribution < -0.4 is 16.0 Å². The number of ketones is 1. The number of alkyl carbamates (subject to hydrolysis) is 1. The molecule has 1 aliphatic rings. The second kappa shape index (κ2) is 11.6. The molecule has 3 amide bonds. The predicted octanol–water partition coefficient (Wildman–Crippen LogP) is 1.75. The Morgan fingerprint density at radius 2 is 2.00 bits per heavy atom. The van der Waals surface area contributed by atoms with Crippen LogP contribution in [0.1, 0.15) is 35.7 Å². The highest BCUT2D eigenvalue weighted by molar-refractivity contribution is 7.11. The van der Waals surface area contributed by atoms with Crippen LogP contribution in [0.4, 0.5) is 4.79 Å². The number of hydrogen-bond acceptors (Lipinski definition) is 7. The van der Waals surface area contributed by atoms with E-state index in [1.54, 1.807) is 20.0 Å². The zero-order valence-corrected chi connectivity index (χ0v) is 19.4. The molecule has 1 aromatic carbocycles. The van der Waals surface area contributed by atoms with Crippen LogP contribution in [0, 0.1) is 5.92 Å². The fourth-order valence-electron chi connectivity index (χ4n) is 3.34. The summed E-state index contributed by atoms with van der Waals surface area (Å²) in [6.07, 6.45) is 2.46. The fraction of sp³-hybridized carbons (Fsp3) is 0.435.